The highest BCUT2D eigenvalue weighted by Crippen LogP contribution is 2.01. The Balaban J connectivity index is 4.16. The average Bonchev–Trinajstić information content (AvgIpc) is 2.22. The molecule has 4 N–H and O–H groups in total. The quantitative estimate of drug-likeness (QED) is 0.577. The summed E-state index contributed by atoms with van der Waals surface area (Å²) in [6.07, 6.45) is 2.64. The van der Waals surface area contributed by atoms with Crippen LogP contribution in [0.1, 0.15) is 39.5 Å². The summed E-state index contributed by atoms with van der Waals surface area (Å²) in [7, 11) is 0. The molecule has 0 aliphatic carbocycles. The minimum Gasteiger partial charge on any atom is -0.480 e. The summed E-state index contributed by atoms with van der Waals surface area (Å²) in [5.74, 6) is -1.39. The van der Waals surface area contributed by atoms with E-state index < -0.39 is 18.1 Å². The van der Waals surface area contributed by atoms with E-state index in [0.717, 1.165) is 12.8 Å². The second-order valence-corrected chi connectivity index (χ2v) is 3.56. The molecule has 0 rings (SSSR count). The van der Waals surface area contributed by atoms with Crippen LogP contribution in [0.5, 0.6) is 0 Å². The molecule has 0 aromatic carbocycles. The van der Waals surface area contributed by atoms with Crippen LogP contribution in [0.25, 0.3) is 0 Å². The molecule has 5 heteroatoms. The van der Waals surface area contributed by atoms with E-state index in [1.54, 1.807) is 6.92 Å². The van der Waals surface area contributed by atoms with Crippen molar-refractivity contribution in [2.24, 2.45) is 5.73 Å². The van der Waals surface area contributed by atoms with Crippen molar-refractivity contribution in [3.63, 3.8) is 0 Å². The van der Waals surface area contributed by atoms with Crippen LogP contribution in [0.2, 0.25) is 0 Å². The molecule has 0 fully saturated rings. The van der Waals surface area contributed by atoms with E-state index in [1.807, 2.05) is 6.92 Å². The Labute approximate surface area is 90.0 Å². The van der Waals surface area contributed by atoms with E-state index in [1.165, 1.54) is 0 Å². The molecule has 0 spiro atoms. The molecule has 88 valence electrons. The Kier molecular flexibility index (Phi) is 6.70. The summed E-state index contributed by atoms with van der Waals surface area (Å²) in [6.45, 7) is 3.75. The highest BCUT2D eigenvalue weighted by atomic mass is 16.4. The van der Waals surface area contributed by atoms with Crippen LogP contribution in [-0.2, 0) is 9.59 Å². The maximum atomic E-state index is 11.4. The summed E-state index contributed by atoms with van der Waals surface area (Å²) < 4.78 is 0. The Hall–Kier alpha value is -1.10. The van der Waals surface area contributed by atoms with Gasteiger partial charge < -0.3 is 16.2 Å². The van der Waals surface area contributed by atoms with Gasteiger partial charge in [0.15, 0.2) is 0 Å². The number of rotatable bonds is 7. The first-order valence-electron chi connectivity index (χ1n) is 5.31. The van der Waals surface area contributed by atoms with E-state index in [0.29, 0.717) is 12.8 Å². The van der Waals surface area contributed by atoms with Crippen molar-refractivity contribution in [3.05, 3.63) is 0 Å². The molecular formula is C10H20N2O3. The van der Waals surface area contributed by atoms with E-state index in [-0.39, 0.29) is 5.91 Å². The van der Waals surface area contributed by atoms with E-state index >= 15 is 0 Å². The molecule has 0 saturated heterocycles. The van der Waals surface area contributed by atoms with Gasteiger partial charge in [-0.25, -0.2) is 4.79 Å². The van der Waals surface area contributed by atoms with Gasteiger partial charge in [-0.05, 0) is 12.8 Å². The van der Waals surface area contributed by atoms with Crippen LogP contribution in [0, 0.1) is 0 Å². The third-order valence-electron chi connectivity index (χ3n) is 2.24. The first-order chi connectivity index (χ1) is 7.02. The van der Waals surface area contributed by atoms with Crippen molar-refractivity contribution in [2.45, 2.75) is 51.6 Å². The molecule has 0 bridgehead atoms. The van der Waals surface area contributed by atoms with Gasteiger partial charge in [-0.3, -0.25) is 4.79 Å². The molecular weight excluding hydrogens is 196 g/mol. The van der Waals surface area contributed by atoms with E-state index in [9.17, 15) is 9.59 Å². The number of hydrogen-bond acceptors (Lipinski definition) is 3. The SMILES string of the molecule is CCCC[C@H](NC(=O)[C@H](N)CC)C(=O)O. The van der Waals surface area contributed by atoms with Crippen LogP contribution in [0.15, 0.2) is 0 Å². The van der Waals surface area contributed by atoms with Crippen molar-refractivity contribution >= 4 is 11.9 Å². The van der Waals surface area contributed by atoms with Gasteiger partial charge in [0, 0.05) is 0 Å². The topological polar surface area (TPSA) is 92.4 Å². The number of amides is 1. The van der Waals surface area contributed by atoms with Crippen LogP contribution >= 0.6 is 0 Å². The fourth-order valence-corrected chi connectivity index (χ4v) is 1.13. The summed E-state index contributed by atoms with van der Waals surface area (Å²) in [5, 5.41) is 11.3. The van der Waals surface area contributed by atoms with Gasteiger partial charge in [-0.2, -0.15) is 0 Å². The summed E-state index contributed by atoms with van der Waals surface area (Å²) >= 11 is 0. The van der Waals surface area contributed by atoms with Crippen molar-refractivity contribution in [2.75, 3.05) is 0 Å². The van der Waals surface area contributed by atoms with Gasteiger partial charge in [0.05, 0.1) is 6.04 Å². The maximum absolute atomic E-state index is 11.4. The standard InChI is InChI=1S/C10H20N2O3/c1-3-5-6-8(10(14)15)12-9(13)7(11)4-2/h7-8H,3-6,11H2,1-2H3,(H,12,13)(H,14,15)/t7-,8+/m1/s1. The van der Waals surface area contributed by atoms with Gasteiger partial charge in [-0.15, -0.1) is 0 Å². The number of unbranched alkanes of at least 4 members (excludes halogenated alkanes) is 1. The Bertz CT molecular complexity index is 219. The lowest BCUT2D eigenvalue weighted by molar-refractivity contribution is -0.142. The normalized spacial score (nSPS) is 14.3. The minimum absolute atomic E-state index is 0.388. The Morgan fingerprint density at radius 1 is 1.40 bits per heavy atom. The van der Waals surface area contributed by atoms with Crippen LogP contribution in [0.3, 0.4) is 0 Å². The van der Waals surface area contributed by atoms with Crippen molar-refractivity contribution in [1.29, 1.82) is 0 Å². The number of aliphatic carboxylic acids is 1. The van der Waals surface area contributed by atoms with Crippen molar-refractivity contribution < 1.29 is 14.7 Å². The first kappa shape index (κ1) is 13.9. The summed E-state index contributed by atoms with van der Waals surface area (Å²) in [6, 6.07) is -1.43. The number of carbonyl (C=O) groups excluding carboxylic acids is 1. The first-order valence-corrected chi connectivity index (χ1v) is 5.31. The number of hydrogen-bond donors (Lipinski definition) is 3. The van der Waals surface area contributed by atoms with Gasteiger partial charge in [0.25, 0.3) is 0 Å². The molecule has 0 saturated carbocycles. The average molecular weight is 216 g/mol. The molecule has 5 nitrogen and oxygen atoms in total. The number of carboxylic acid groups (broad SMARTS) is 1. The van der Waals surface area contributed by atoms with E-state index in [2.05, 4.69) is 5.32 Å². The lowest BCUT2D eigenvalue weighted by Crippen LogP contribution is -2.48. The number of carboxylic acids is 1. The largest absolute Gasteiger partial charge is 0.480 e. The highest BCUT2D eigenvalue weighted by molar-refractivity contribution is 5.86. The number of nitrogens with two attached hydrogens (primary N) is 1. The van der Waals surface area contributed by atoms with Crippen LogP contribution in [-0.4, -0.2) is 29.1 Å². The molecule has 0 aliphatic rings. The Morgan fingerprint density at radius 3 is 2.40 bits per heavy atom. The van der Waals surface area contributed by atoms with Gasteiger partial charge in [-0.1, -0.05) is 26.7 Å². The monoisotopic (exact) mass is 216 g/mol. The maximum Gasteiger partial charge on any atom is 0.326 e. The molecule has 0 aromatic heterocycles. The number of nitrogens with one attached hydrogen (secondary N) is 1. The lowest BCUT2D eigenvalue weighted by atomic mass is 10.1. The fraction of sp³-hybridized carbons (Fsp3) is 0.800. The molecule has 0 heterocycles. The Morgan fingerprint density at radius 2 is 2.00 bits per heavy atom. The predicted molar refractivity (Wildman–Crippen MR) is 57.4 cm³/mol. The minimum atomic E-state index is -1.000. The third-order valence-corrected chi connectivity index (χ3v) is 2.24. The van der Waals surface area contributed by atoms with E-state index in [4.69, 9.17) is 10.8 Å². The highest BCUT2D eigenvalue weighted by Gasteiger charge is 2.21. The zero-order valence-electron chi connectivity index (χ0n) is 9.32. The molecule has 0 aromatic rings. The van der Waals surface area contributed by atoms with Crippen molar-refractivity contribution in [3.8, 4) is 0 Å². The number of carbonyl (C=O) groups is 2. The smallest absolute Gasteiger partial charge is 0.326 e. The van der Waals surface area contributed by atoms with Crippen LogP contribution < -0.4 is 11.1 Å². The summed E-state index contributed by atoms with van der Waals surface area (Å²) in [5.41, 5.74) is 5.49. The molecule has 2 atom stereocenters. The van der Waals surface area contributed by atoms with Crippen LogP contribution in [0.4, 0.5) is 0 Å². The zero-order valence-corrected chi connectivity index (χ0v) is 9.32. The van der Waals surface area contributed by atoms with Gasteiger partial charge in [0.2, 0.25) is 5.91 Å². The summed E-state index contributed by atoms with van der Waals surface area (Å²) in [4.78, 5) is 22.1. The van der Waals surface area contributed by atoms with Crippen molar-refractivity contribution in [1.82, 2.24) is 5.32 Å². The lowest BCUT2D eigenvalue weighted by Gasteiger charge is -2.16. The van der Waals surface area contributed by atoms with Gasteiger partial charge >= 0.3 is 5.97 Å². The molecule has 0 unspecified atom stereocenters. The fourth-order valence-electron chi connectivity index (χ4n) is 1.13. The zero-order chi connectivity index (χ0) is 11.8. The second kappa shape index (κ2) is 7.23. The molecule has 0 radical (unpaired) electrons. The predicted octanol–water partition coefficient (Wildman–Crippen LogP) is 0.483. The van der Waals surface area contributed by atoms with Gasteiger partial charge in [0.1, 0.15) is 6.04 Å². The molecule has 0 aliphatic heterocycles. The third kappa shape index (κ3) is 5.37. The molecule has 1 amide bonds. The second-order valence-electron chi connectivity index (χ2n) is 3.56. The molecule has 15 heavy (non-hydrogen) atoms.